The topological polar surface area (TPSA) is 153 Å². The molecule has 1 aromatic carbocycles. The number of rotatable bonds is 10. The van der Waals surface area contributed by atoms with E-state index in [4.69, 9.17) is 4.74 Å². The van der Waals surface area contributed by atoms with Crippen molar-refractivity contribution < 1.29 is 32.5 Å². The number of nitrogens with one attached hydrogen (secondary N) is 1. The van der Waals surface area contributed by atoms with Crippen LogP contribution < -0.4 is 5.32 Å². The maximum atomic E-state index is 12.6. The number of carbonyl (C=O) groups is 3. The minimum absolute atomic E-state index is 0.0339. The van der Waals surface area contributed by atoms with Gasteiger partial charge in [0.05, 0.1) is 22.8 Å². The maximum Gasteiger partial charge on any atom is 0.308 e. The molecule has 0 bridgehead atoms. The molecule has 1 saturated heterocycles. The van der Waals surface area contributed by atoms with E-state index in [1.807, 2.05) is 13.8 Å². The standard InChI is InChI=1S/C20H27N3O8S/c1-3-14(2)22(17-9-11-32(29,30)13-17)18(24)12-31-19(25)8-10-21-20(26)15-4-6-16(7-5-15)23(27)28/h4-7,14,17H,3,8-13H2,1-2H3,(H,21,26)/t14-,17+/m1/s1. The Hall–Kier alpha value is -3.02. The normalized spacial score (nSPS) is 17.9. The van der Waals surface area contributed by atoms with Gasteiger partial charge in [0.15, 0.2) is 16.4 Å². The van der Waals surface area contributed by atoms with Gasteiger partial charge in [-0.1, -0.05) is 6.92 Å². The smallest absolute Gasteiger partial charge is 0.308 e. The van der Waals surface area contributed by atoms with Gasteiger partial charge in [-0.2, -0.15) is 0 Å². The van der Waals surface area contributed by atoms with Crippen LogP contribution in [0.15, 0.2) is 24.3 Å². The van der Waals surface area contributed by atoms with E-state index in [0.29, 0.717) is 12.8 Å². The van der Waals surface area contributed by atoms with Gasteiger partial charge in [-0.25, -0.2) is 8.42 Å². The van der Waals surface area contributed by atoms with Crippen LogP contribution in [-0.4, -0.2) is 72.8 Å². The van der Waals surface area contributed by atoms with Crippen LogP contribution >= 0.6 is 0 Å². The lowest BCUT2D eigenvalue weighted by Crippen LogP contribution is -2.48. The highest BCUT2D eigenvalue weighted by Crippen LogP contribution is 2.21. The molecule has 1 aromatic rings. The summed E-state index contributed by atoms with van der Waals surface area (Å²) in [6.07, 6.45) is 0.819. The third kappa shape index (κ3) is 7.01. The van der Waals surface area contributed by atoms with Crippen molar-refractivity contribution in [2.75, 3.05) is 24.7 Å². The minimum Gasteiger partial charge on any atom is -0.456 e. The second-order valence-corrected chi connectivity index (χ2v) is 9.81. The molecule has 1 fully saturated rings. The lowest BCUT2D eigenvalue weighted by atomic mass is 10.1. The predicted molar refractivity (Wildman–Crippen MR) is 115 cm³/mol. The Morgan fingerprint density at radius 2 is 1.94 bits per heavy atom. The molecule has 1 aliphatic heterocycles. The molecule has 12 heteroatoms. The van der Waals surface area contributed by atoms with Crippen LogP contribution in [0.3, 0.4) is 0 Å². The zero-order chi connectivity index (χ0) is 23.9. The average Bonchev–Trinajstić information content (AvgIpc) is 3.11. The van der Waals surface area contributed by atoms with Gasteiger partial charge >= 0.3 is 5.97 Å². The Bertz CT molecular complexity index is 962. The van der Waals surface area contributed by atoms with Crippen molar-refractivity contribution in [2.24, 2.45) is 0 Å². The summed E-state index contributed by atoms with van der Waals surface area (Å²) < 4.78 is 28.6. The monoisotopic (exact) mass is 469 g/mol. The van der Waals surface area contributed by atoms with Crippen LogP contribution in [0.2, 0.25) is 0 Å². The molecule has 2 atom stereocenters. The molecule has 11 nitrogen and oxygen atoms in total. The SMILES string of the molecule is CC[C@@H](C)N(C(=O)COC(=O)CCNC(=O)c1ccc([N+](=O)[O-])cc1)[C@H]1CCS(=O)(=O)C1. The lowest BCUT2D eigenvalue weighted by Gasteiger charge is -2.33. The zero-order valence-electron chi connectivity index (χ0n) is 18.0. The summed E-state index contributed by atoms with van der Waals surface area (Å²) in [5.74, 6) is -1.71. The van der Waals surface area contributed by atoms with E-state index in [9.17, 15) is 32.9 Å². The number of hydrogen-bond donors (Lipinski definition) is 1. The molecule has 1 N–H and O–H groups in total. The first-order valence-electron chi connectivity index (χ1n) is 10.2. The van der Waals surface area contributed by atoms with Crippen molar-refractivity contribution in [2.45, 2.75) is 45.2 Å². The summed E-state index contributed by atoms with van der Waals surface area (Å²) in [5.41, 5.74) is 0.0614. The van der Waals surface area contributed by atoms with E-state index in [-0.39, 0.29) is 41.8 Å². The number of esters is 1. The van der Waals surface area contributed by atoms with Gasteiger partial charge in [0.1, 0.15) is 0 Å². The van der Waals surface area contributed by atoms with Crippen molar-refractivity contribution in [1.29, 1.82) is 0 Å². The fourth-order valence-corrected chi connectivity index (χ4v) is 5.12. The Labute approximate surface area is 186 Å². The van der Waals surface area contributed by atoms with E-state index in [2.05, 4.69) is 5.32 Å². The molecule has 32 heavy (non-hydrogen) atoms. The van der Waals surface area contributed by atoms with Crippen molar-refractivity contribution in [3.63, 3.8) is 0 Å². The van der Waals surface area contributed by atoms with Crippen LogP contribution in [0, 0.1) is 10.1 Å². The molecule has 1 aliphatic rings. The maximum absolute atomic E-state index is 12.6. The van der Waals surface area contributed by atoms with E-state index in [1.165, 1.54) is 29.2 Å². The zero-order valence-corrected chi connectivity index (χ0v) is 18.8. The third-order valence-corrected chi connectivity index (χ3v) is 7.02. The van der Waals surface area contributed by atoms with Crippen LogP contribution in [0.5, 0.6) is 0 Å². The van der Waals surface area contributed by atoms with E-state index in [0.717, 1.165) is 0 Å². The fraction of sp³-hybridized carbons (Fsp3) is 0.550. The number of carbonyl (C=O) groups excluding carboxylic acids is 3. The third-order valence-electron chi connectivity index (χ3n) is 5.27. The molecule has 1 heterocycles. The van der Waals surface area contributed by atoms with Gasteiger partial charge in [-0.3, -0.25) is 24.5 Å². The summed E-state index contributed by atoms with van der Waals surface area (Å²) in [6, 6.07) is 4.39. The summed E-state index contributed by atoms with van der Waals surface area (Å²) in [4.78, 5) is 48.2. The lowest BCUT2D eigenvalue weighted by molar-refractivity contribution is -0.384. The van der Waals surface area contributed by atoms with Gasteiger partial charge in [0.2, 0.25) is 0 Å². The molecule has 2 rings (SSSR count). The number of benzene rings is 1. The van der Waals surface area contributed by atoms with E-state index in [1.54, 1.807) is 0 Å². The average molecular weight is 470 g/mol. The van der Waals surface area contributed by atoms with Crippen molar-refractivity contribution >= 4 is 33.3 Å². The highest BCUT2D eigenvalue weighted by molar-refractivity contribution is 7.91. The molecule has 2 amide bonds. The van der Waals surface area contributed by atoms with Crippen molar-refractivity contribution in [1.82, 2.24) is 10.2 Å². The van der Waals surface area contributed by atoms with Crippen molar-refractivity contribution in [3.05, 3.63) is 39.9 Å². The quantitative estimate of drug-likeness (QED) is 0.303. The number of nitro groups is 1. The first kappa shape index (κ1) is 25.2. The summed E-state index contributed by atoms with van der Waals surface area (Å²) in [7, 11) is -3.17. The molecular weight excluding hydrogens is 442 g/mol. The first-order chi connectivity index (χ1) is 15.0. The number of nitro benzene ring substituents is 1. The number of sulfone groups is 1. The Morgan fingerprint density at radius 1 is 1.28 bits per heavy atom. The summed E-state index contributed by atoms with van der Waals surface area (Å²) in [6.45, 7) is 3.15. The number of ether oxygens (including phenoxy) is 1. The Kier molecular flexibility index (Phi) is 8.70. The van der Waals surface area contributed by atoms with Crippen LogP contribution in [0.1, 0.15) is 43.5 Å². The predicted octanol–water partition coefficient (Wildman–Crippen LogP) is 1.07. The second-order valence-electron chi connectivity index (χ2n) is 7.59. The van der Waals surface area contributed by atoms with Crippen molar-refractivity contribution in [3.8, 4) is 0 Å². The summed E-state index contributed by atoms with van der Waals surface area (Å²) >= 11 is 0. The fourth-order valence-electron chi connectivity index (χ4n) is 3.40. The number of nitrogens with zero attached hydrogens (tertiary/aromatic N) is 2. The van der Waals surface area contributed by atoms with Gasteiger partial charge in [0, 0.05) is 36.3 Å². The Balaban J connectivity index is 1.80. The highest BCUT2D eigenvalue weighted by Gasteiger charge is 2.36. The minimum atomic E-state index is -3.17. The molecule has 0 spiro atoms. The summed E-state index contributed by atoms with van der Waals surface area (Å²) in [5, 5.41) is 13.1. The van der Waals surface area contributed by atoms with Gasteiger partial charge in [-0.15, -0.1) is 0 Å². The van der Waals surface area contributed by atoms with Crippen LogP contribution in [0.25, 0.3) is 0 Å². The molecule has 0 radical (unpaired) electrons. The molecule has 0 unspecified atom stereocenters. The number of amides is 2. The number of hydrogen-bond acceptors (Lipinski definition) is 8. The molecule has 0 aromatic heterocycles. The molecule has 0 aliphatic carbocycles. The van der Waals surface area contributed by atoms with E-state index >= 15 is 0 Å². The molecular formula is C20H27N3O8S. The largest absolute Gasteiger partial charge is 0.456 e. The van der Waals surface area contributed by atoms with Crippen LogP contribution in [-0.2, 0) is 24.2 Å². The van der Waals surface area contributed by atoms with Gasteiger partial charge in [0.25, 0.3) is 17.5 Å². The molecule has 0 saturated carbocycles. The molecule has 176 valence electrons. The van der Waals surface area contributed by atoms with Gasteiger partial charge < -0.3 is 15.0 Å². The second kappa shape index (κ2) is 11.0. The van der Waals surface area contributed by atoms with Crippen LogP contribution in [0.4, 0.5) is 5.69 Å². The van der Waals surface area contributed by atoms with E-state index < -0.39 is 45.2 Å². The highest BCUT2D eigenvalue weighted by atomic mass is 32.2. The Morgan fingerprint density at radius 3 is 2.47 bits per heavy atom. The number of non-ortho nitro benzene ring substituents is 1. The first-order valence-corrected chi connectivity index (χ1v) is 12.1. The van der Waals surface area contributed by atoms with Gasteiger partial charge in [-0.05, 0) is 31.9 Å².